The molecule has 1 unspecified atom stereocenters. The number of benzene rings is 1. The van der Waals surface area contributed by atoms with Crippen LogP contribution >= 0.6 is 11.8 Å². The molecular formula is C14H13N3O3S. The van der Waals surface area contributed by atoms with Crippen molar-refractivity contribution in [3.8, 4) is 0 Å². The van der Waals surface area contributed by atoms with Gasteiger partial charge in [0.05, 0.1) is 5.69 Å². The fraction of sp³-hybridized carbons (Fsp3) is 0.214. The molecule has 0 fully saturated rings. The average molecular weight is 303 g/mol. The molecule has 1 aromatic heterocycles. The van der Waals surface area contributed by atoms with Gasteiger partial charge >= 0.3 is 0 Å². The largest absolute Gasteiger partial charge is 0.378 e. The number of nitrogens with one attached hydrogen (secondary N) is 1. The number of carbonyl (C=O) groups is 1. The van der Waals surface area contributed by atoms with E-state index in [2.05, 4.69) is 9.97 Å². The molecule has 0 radical (unpaired) electrons. The lowest BCUT2D eigenvalue weighted by molar-refractivity contribution is -0.125. The summed E-state index contributed by atoms with van der Waals surface area (Å²) in [4.78, 5) is 32.3. The predicted molar refractivity (Wildman–Crippen MR) is 78.5 cm³/mol. The van der Waals surface area contributed by atoms with Gasteiger partial charge < -0.3 is 15.0 Å². The van der Waals surface area contributed by atoms with Gasteiger partial charge in [0, 0.05) is 29.3 Å². The monoisotopic (exact) mass is 303 g/mol. The zero-order valence-electron chi connectivity index (χ0n) is 11.5. The van der Waals surface area contributed by atoms with Crippen LogP contribution in [0.3, 0.4) is 0 Å². The maximum Gasteiger partial charge on any atom is 0.260 e. The highest BCUT2D eigenvalue weighted by molar-refractivity contribution is 7.99. The molecule has 1 atom stereocenters. The summed E-state index contributed by atoms with van der Waals surface area (Å²) in [5.41, 5.74) is 1.71. The molecular weight excluding hydrogens is 290 g/mol. The van der Waals surface area contributed by atoms with E-state index in [-0.39, 0.29) is 11.5 Å². The summed E-state index contributed by atoms with van der Waals surface area (Å²) in [7, 11) is 1.62. The summed E-state index contributed by atoms with van der Waals surface area (Å²) in [5, 5.41) is 10.3. The van der Waals surface area contributed by atoms with Crippen molar-refractivity contribution in [2.24, 2.45) is 0 Å². The van der Waals surface area contributed by atoms with E-state index in [1.165, 1.54) is 22.7 Å². The van der Waals surface area contributed by atoms with Crippen molar-refractivity contribution in [2.75, 3.05) is 11.9 Å². The minimum absolute atomic E-state index is 0.200. The summed E-state index contributed by atoms with van der Waals surface area (Å²) in [5.74, 6) is -0.339. The average Bonchev–Trinajstić information content (AvgIpc) is 2.63. The first kappa shape index (κ1) is 13.8. The second-order valence-electron chi connectivity index (χ2n) is 4.81. The van der Waals surface area contributed by atoms with E-state index in [4.69, 9.17) is 0 Å². The normalized spacial score (nSPS) is 17.2. The van der Waals surface area contributed by atoms with Crippen LogP contribution in [0.2, 0.25) is 0 Å². The lowest BCUT2D eigenvalue weighted by Gasteiger charge is -2.10. The maximum absolute atomic E-state index is 11.7. The number of amides is 1. The molecule has 108 valence electrons. The molecule has 0 aliphatic carbocycles. The minimum Gasteiger partial charge on any atom is -0.378 e. The Morgan fingerprint density at radius 1 is 1.33 bits per heavy atom. The summed E-state index contributed by atoms with van der Waals surface area (Å²) in [6.07, 6.45) is -1.10. The summed E-state index contributed by atoms with van der Waals surface area (Å²) < 4.78 is 0. The van der Waals surface area contributed by atoms with Crippen molar-refractivity contribution in [1.29, 1.82) is 0 Å². The number of H-pyrrole nitrogens is 1. The molecule has 21 heavy (non-hydrogen) atoms. The summed E-state index contributed by atoms with van der Waals surface area (Å²) >= 11 is 1.30. The molecule has 2 N–H and O–H groups in total. The van der Waals surface area contributed by atoms with E-state index in [1.807, 2.05) is 0 Å². The van der Waals surface area contributed by atoms with E-state index in [9.17, 15) is 14.7 Å². The minimum atomic E-state index is -1.10. The number of hydrogen-bond acceptors (Lipinski definition) is 5. The van der Waals surface area contributed by atoms with Crippen molar-refractivity contribution < 1.29 is 9.90 Å². The SMILES string of the molecule is Cc1cc(=O)[nH]c(Sc2ccc3c(c2)N(C)C(=O)C3O)n1. The number of aliphatic hydroxyl groups is 1. The van der Waals surface area contributed by atoms with Crippen LogP contribution in [0.15, 0.2) is 39.1 Å². The number of aryl methyl sites for hydroxylation is 1. The van der Waals surface area contributed by atoms with Gasteiger partial charge in [0.25, 0.3) is 11.5 Å². The van der Waals surface area contributed by atoms with Gasteiger partial charge in [0.2, 0.25) is 0 Å². The van der Waals surface area contributed by atoms with Gasteiger partial charge in [0.1, 0.15) is 0 Å². The second kappa shape index (κ2) is 5.01. The van der Waals surface area contributed by atoms with E-state index in [1.54, 1.807) is 32.2 Å². The topological polar surface area (TPSA) is 86.3 Å². The van der Waals surface area contributed by atoms with E-state index >= 15 is 0 Å². The molecule has 3 rings (SSSR count). The number of anilines is 1. The molecule has 0 saturated carbocycles. The van der Waals surface area contributed by atoms with Gasteiger partial charge in [-0.1, -0.05) is 17.8 Å². The third kappa shape index (κ3) is 2.45. The number of fused-ring (bicyclic) bond motifs is 1. The molecule has 1 aromatic carbocycles. The highest BCUT2D eigenvalue weighted by Crippen LogP contribution is 2.38. The van der Waals surface area contributed by atoms with Crippen molar-refractivity contribution in [2.45, 2.75) is 23.1 Å². The van der Waals surface area contributed by atoms with E-state index in [0.717, 1.165) is 4.90 Å². The van der Waals surface area contributed by atoms with Crippen molar-refractivity contribution >= 4 is 23.4 Å². The van der Waals surface area contributed by atoms with Crippen molar-refractivity contribution in [3.05, 3.63) is 45.9 Å². The summed E-state index contributed by atoms with van der Waals surface area (Å²) in [6, 6.07) is 6.74. The standard InChI is InChI=1S/C14H13N3O3S/c1-7-5-11(18)16-14(15-7)21-8-3-4-9-10(6-8)17(2)13(20)12(9)19/h3-6,12,19H,1-2H3,(H,15,16,18). The fourth-order valence-electron chi connectivity index (χ4n) is 2.26. The number of aromatic nitrogens is 2. The van der Waals surface area contributed by atoms with Crippen LogP contribution < -0.4 is 10.5 Å². The molecule has 0 spiro atoms. The van der Waals surface area contributed by atoms with Gasteiger partial charge in [-0.3, -0.25) is 9.59 Å². The van der Waals surface area contributed by atoms with Crippen LogP contribution in [0, 0.1) is 6.92 Å². The van der Waals surface area contributed by atoms with E-state index in [0.29, 0.717) is 22.1 Å². The Labute approximate surface area is 124 Å². The van der Waals surface area contributed by atoms with Crippen LogP contribution in [0.5, 0.6) is 0 Å². The maximum atomic E-state index is 11.7. The smallest absolute Gasteiger partial charge is 0.260 e. The van der Waals surface area contributed by atoms with Crippen LogP contribution in [0.4, 0.5) is 5.69 Å². The molecule has 2 heterocycles. The number of aromatic amines is 1. The number of aliphatic hydroxyl groups excluding tert-OH is 1. The van der Waals surface area contributed by atoms with Gasteiger partial charge in [0.15, 0.2) is 11.3 Å². The first-order chi connectivity index (χ1) is 9.95. The molecule has 1 amide bonds. The molecule has 1 aliphatic rings. The highest BCUT2D eigenvalue weighted by Gasteiger charge is 2.33. The molecule has 1 aliphatic heterocycles. The zero-order chi connectivity index (χ0) is 15.1. The zero-order valence-corrected chi connectivity index (χ0v) is 12.3. The second-order valence-corrected chi connectivity index (χ2v) is 5.88. The Kier molecular flexibility index (Phi) is 3.30. The highest BCUT2D eigenvalue weighted by atomic mass is 32.2. The summed E-state index contributed by atoms with van der Waals surface area (Å²) in [6.45, 7) is 1.75. The number of carbonyl (C=O) groups excluding carboxylic acids is 1. The Balaban J connectivity index is 1.95. The lowest BCUT2D eigenvalue weighted by atomic mass is 10.1. The number of hydrogen-bond donors (Lipinski definition) is 2. The first-order valence-electron chi connectivity index (χ1n) is 6.31. The first-order valence-corrected chi connectivity index (χ1v) is 7.13. The molecule has 0 bridgehead atoms. The van der Waals surface area contributed by atoms with Gasteiger partial charge in [-0.25, -0.2) is 4.98 Å². The fourth-order valence-corrected chi connectivity index (χ4v) is 3.13. The third-order valence-corrected chi connectivity index (χ3v) is 4.16. The van der Waals surface area contributed by atoms with Crippen LogP contribution in [0.1, 0.15) is 17.4 Å². The molecule has 0 saturated heterocycles. The molecule has 7 heteroatoms. The van der Waals surface area contributed by atoms with Gasteiger partial charge in [-0.05, 0) is 19.1 Å². The van der Waals surface area contributed by atoms with Crippen molar-refractivity contribution in [3.63, 3.8) is 0 Å². The number of nitrogens with zero attached hydrogens (tertiary/aromatic N) is 2. The molecule has 6 nitrogen and oxygen atoms in total. The van der Waals surface area contributed by atoms with Crippen molar-refractivity contribution in [1.82, 2.24) is 9.97 Å². The van der Waals surface area contributed by atoms with Crippen LogP contribution in [-0.2, 0) is 4.79 Å². The third-order valence-electron chi connectivity index (χ3n) is 3.28. The van der Waals surface area contributed by atoms with E-state index < -0.39 is 6.10 Å². The Morgan fingerprint density at radius 2 is 2.10 bits per heavy atom. The Bertz CT molecular complexity index is 787. The molecule has 2 aromatic rings. The van der Waals surface area contributed by atoms with Crippen LogP contribution in [0.25, 0.3) is 0 Å². The van der Waals surface area contributed by atoms with Gasteiger partial charge in [-0.15, -0.1) is 0 Å². The number of likely N-dealkylation sites (N-methyl/N-ethyl adjacent to an activating group) is 1. The Morgan fingerprint density at radius 3 is 2.81 bits per heavy atom. The van der Waals surface area contributed by atoms with Gasteiger partial charge in [-0.2, -0.15) is 0 Å². The van der Waals surface area contributed by atoms with Crippen LogP contribution in [-0.4, -0.2) is 28.0 Å². The number of rotatable bonds is 2. The quantitative estimate of drug-likeness (QED) is 0.815. The Hall–Kier alpha value is -2.12. The lowest BCUT2D eigenvalue weighted by Crippen LogP contribution is -2.23. The predicted octanol–water partition coefficient (Wildman–Crippen LogP) is 1.24.